The lowest BCUT2D eigenvalue weighted by Gasteiger charge is -2.36. The smallest absolute Gasteiger partial charge is 0.410 e. The minimum atomic E-state index is -0.824. The lowest BCUT2D eigenvalue weighted by Crippen LogP contribution is -2.51. The first-order chi connectivity index (χ1) is 10.6. The molecule has 1 saturated heterocycles. The number of morpholine rings is 1. The number of hydrogen-bond donors (Lipinski definition) is 1. The zero-order valence-corrected chi connectivity index (χ0v) is 12.2. The van der Waals surface area contributed by atoms with Crippen molar-refractivity contribution >= 4 is 12.1 Å². The third-order valence-corrected chi connectivity index (χ3v) is 4.33. The summed E-state index contributed by atoms with van der Waals surface area (Å²) in [6.45, 7) is 1.09. The molecule has 1 aromatic carbocycles. The maximum Gasteiger partial charge on any atom is 0.410 e. The Morgan fingerprint density at radius 2 is 2.05 bits per heavy atom. The minimum absolute atomic E-state index is 0.195. The topological polar surface area (TPSA) is 76.1 Å². The lowest BCUT2D eigenvalue weighted by molar-refractivity contribution is -0.141. The van der Waals surface area contributed by atoms with E-state index in [-0.39, 0.29) is 18.8 Å². The average molecular weight is 305 g/mol. The van der Waals surface area contributed by atoms with Crippen molar-refractivity contribution < 1.29 is 24.2 Å². The summed E-state index contributed by atoms with van der Waals surface area (Å²) in [5.41, 5.74) is 0.926. The summed E-state index contributed by atoms with van der Waals surface area (Å²) in [5, 5.41) is 9.15. The van der Waals surface area contributed by atoms with Crippen LogP contribution < -0.4 is 0 Å². The van der Waals surface area contributed by atoms with Crippen LogP contribution in [0.5, 0.6) is 0 Å². The number of ether oxygens (including phenoxy) is 2. The molecule has 0 aromatic heterocycles. The van der Waals surface area contributed by atoms with E-state index in [1.165, 1.54) is 0 Å². The summed E-state index contributed by atoms with van der Waals surface area (Å²) in [6.07, 6.45) is 0.301. The van der Waals surface area contributed by atoms with Crippen LogP contribution in [0.4, 0.5) is 4.79 Å². The SMILES string of the molecule is O=C(O)C1C[C@@H]2OCCN(C(=O)OCc3ccccc3)[C@@H]2C1. The van der Waals surface area contributed by atoms with Gasteiger partial charge in [0, 0.05) is 6.54 Å². The number of carboxylic acid groups (broad SMARTS) is 1. The van der Waals surface area contributed by atoms with E-state index in [0.717, 1.165) is 5.56 Å². The molecule has 2 aliphatic rings. The van der Waals surface area contributed by atoms with Crippen molar-refractivity contribution in [3.05, 3.63) is 35.9 Å². The molecule has 118 valence electrons. The standard InChI is InChI=1S/C16H19NO5/c18-15(19)12-8-13-14(9-12)21-7-6-17(13)16(20)22-10-11-4-2-1-3-5-11/h1-5,12-14H,6-10H2,(H,18,19)/t12?,13-,14+/m1/s1. The molecule has 22 heavy (non-hydrogen) atoms. The highest BCUT2D eigenvalue weighted by molar-refractivity contribution is 5.72. The quantitative estimate of drug-likeness (QED) is 0.923. The van der Waals surface area contributed by atoms with E-state index in [9.17, 15) is 9.59 Å². The predicted octanol–water partition coefficient (Wildman–Crippen LogP) is 1.89. The number of amides is 1. The van der Waals surface area contributed by atoms with Gasteiger partial charge in [0.05, 0.1) is 24.7 Å². The second-order valence-electron chi connectivity index (χ2n) is 5.72. The Hall–Kier alpha value is -2.08. The number of hydrogen-bond acceptors (Lipinski definition) is 4. The van der Waals surface area contributed by atoms with Gasteiger partial charge >= 0.3 is 12.1 Å². The van der Waals surface area contributed by atoms with Gasteiger partial charge in [-0.25, -0.2) is 4.79 Å². The molecule has 1 unspecified atom stereocenters. The van der Waals surface area contributed by atoms with E-state index in [1.54, 1.807) is 4.90 Å². The summed E-state index contributed by atoms with van der Waals surface area (Å²) >= 11 is 0. The molecular formula is C16H19NO5. The Balaban J connectivity index is 1.61. The van der Waals surface area contributed by atoms with Crippen molar-refractivity contribution in [1.82, 2.24) is 4.90 Å². The molecule has 6 nitrogen and oxygen atoms in total. The van der Waals surface area contributed by atoms with Crippen LogP contribution in [0, 0.1) is 5.92 Å². The molecule has 1 saturated carbocycles. The van der Waals surface area contributed by atoms with Crippen LogP contribution in [-0.4, -0.2) is 47.4 Å². The summed E-state index contributed by atoms with van der Waals surface area (Å²) in [4.78, 5) is 25.1. The highest BCUT2D eigenvalue weighted by Crippen LogP contribution is 2.34. The van der Waals surface area contributed by atoms with Crippen molar-refractivity contribution in [3.8, 4) is 0 Å². The lowest BCUT2D eigenvalue weighted by atomic mass is 10.1. The normalized spacial score (nSPS) is 27.3. The molecule has 1 heterocycles. The monoisotopic (exact) mass is 305 g/mol. The van der Waals surface area contributed by atoms with Gasteiger partial charge in [0.25, 0.3) is 0 Å². The number of rotatable bonds is 3. The van der Waals surface area contributed by atoms with Crippen molar-refractivity contribution in [2.75, 3.05) is 13.2 Å². The van der Waals surface area contributed by atoms with E-state index in [4.69, 9.17) is 14.6 Å². The fraction of sp³-hybridized carbons (Fsp3) is 0.500. The summed E-state index contributed by atoms with van der Waals surface area (Å²) in [6, 6.07) is 9.28. The van der Waals surface area contributed by atoms with Gasteiger partial charge < -0.3 is 19.5 Å². The van der Waals surface area contributed by atoms with Gasteiger partial charge in [-0.1, -0.05) is 30.3 Å². The zero-order chi connectivity index (χ0) is 15.5. The van der Waals surface area contributed by atoms with Gasteiger partial charge in [-0.05, 0) is 18.4 Å². The average Bonchev–Trinajstić information content (AvgIpc) is 2.98. The second kappa shape index (κ2) is 6.36. The van der Waals surface area contributed by atoms with Gasteiger partial charge in [-0.3, -0.25) is 4.79 Å². The van der Waals surface area contributed by atoms with Gasteiger partial charge in [0.2, 0.25) is 0 Å². The van der Waals surface area contributed by atoms with E-state index in [1.807, 2.05) is 30.3 Å². The van der Waals surface area contributed by atoms with Crippen LogP contribution in [-0.2, 0) is 20.9 Å². The number of fused-ring (bicyclic) bond motifs is 1. The first-order valence-electron chi connectivity index (χ1n) is 7.47. The van der Waals surface area contributed by atoms with Crippen LogP contribution in [0.1, 0.15) is 18.4 Å². The number of benzene rings is 1. The number of nitrogens with zero attached hydrogens (tertiary/aromatic N) is 1. The highest BCUT2D eigenvalue weighted by atomic mass is 16.6. The van der Waals surface area contributed by atoms with Gasteiger partial charge in [-0.15, -0.1) is 0 Å². The fourth-order valence-electron chi connectivity index (χ4n) is 3.18. The van der Waals surface area contributed by atoms with E-state index < -0.39 is 18.0 Å². The third-order valence-electron chi connectivity index (χ3n) is 4.33. The molecule has 3 atom stereocenters. The summed E-state index contributed by atoms with van der Waals surface area (Å²) in [5.74, 6) is -1.27. The Bertz CT molecular complexity index is 547. The predicted molar refractivity (Wildman–Crippen MR) is 77.2 cm³/mol. The number of carbonyl (C=O) groups excluding carboxylic acids is 1. The summed E-state index contributed by atoms with van der Waals surface area (Å²) < 4.78 is 11.0. The van der Waals surface area contributed by atoms with Gasteiger partial charge in [-0.2, -0.15) is 0 Å². The molecule has 0 radical (unpaired) electrons. The maximum atomic E-state index is 12.3. The maximum absolute atomic E-state index is 12.3. The highest BCUT2D eigenvalue weighted by Gasteiger charge is 2.45. The van der Waals surface area contributed by atoms with E-state index in [0.29, 0.717) is 26.0 Å². The molecule has 1 aliphatic carbocycles. The molecule has 2 fully saturated rings. The molecule has 3 rings (SSSR count). The van der Waals surface area contributed by atoms with Crippen LogP contribution >= 0.6 is 0 Å². The summed E-state index contributed by atoms with van der Waals surface area (Å²) in [7, 11) is 0. The first kappa shape index (κ1) is 14.8. The first-order valence-corrected chi connectivity index (χ1v) is 7.47. The van der Waals surface area contributed by atoms with Crippen molar-refractivity contribution in [1.29, 1.82) is 0 Å². The second-order valence-corrected chi connectivity index (χ2v) is 5.72. The molecule has 1 aliphatic heterocycles. The Kier molecular flexibility index (Phi) is 4.29. The largest absolute Gasteiger partial charge is 0.481 e. The number of carbonyl (C=O) groups is 2. The molecule has 0 spiro atoms. The van der Waals surface area contributed by atoms with Crippen LogP contribution in [0.25, 0.3) is 0 Å². The fourth-order valence-corrected chi connectivity index (χ4v) is 3.18. The van der Waals surface area contributed by atoms with Crippen molar-refractivity contribution in [2.24, 2.45) is 5.92 Å². The van der Waals surface area contributed by atoms with E-state index >= 15 is 0 Å². The Labute approximate surface area is 128 Å². The third kappa shape index (κ3) is 3.06. The number of aliphatic carboxylic acids is 1. The van der Waals surface area contributed by atoms with Gasteiger partial charge in [0.15, 0.2) is 0 Å². The van der Waals surface area contributed by atoms with Crippen LogP contribution in [0.15, 0.2) is 30.3 Å². The van der Waals surface area contributed by atoms with E-state index in [2.05, 4.69) is 0 Å². The molecule has 1 aromatic rings. The molecule has 1 N–H and O–H groups in total. The molecule has 0 bridgehead atoms. The minimum Gasteiger partial charge on any atom is -0.481 e. The molecule has 6 heteroatoms. The Morgan fingerprint density at radius 1 is 1.27 bits per heavy atom. The zero-order valence-electron chi connectivity index (χ0n) is 12.2. The van der Waals surface area contributed by atoms with Crippen molar-refractivity contribution in [2.45, 2.75) is 31.6 Å². The Morgan fingerprint density at radius 3 is 2.77 bits per heavy atom. The van der Waals surface area contributed by atoms with Gasteiger partial charge in [0.1, 0.15) is 6.61 Å². The van der Waals surface area contributed by atoms with Crippen LogP contribution in [0.2, 0.25) is 0 Å². The number of carboxylic acids is 1. The molecule has 1 amide bonds. The van der Waals surface area contributed by atoms with Crippen LogP contribution in [0.3, 0.4) is 0 Å². The molecular weight excluding hydrogens is 286 g/mol. The van der Waals surface area contributed by atoms with Crippen molar-refractivity contribution in [3.63, 3.8) is 0 Å².